The van der Waals surface area contributed by atoms with Crippen molar-refractivity contribution in [3.05, 3.63) is 41.8 Å². The summed E-state index contributed by atoms with van der Waals surface area (Å²) in [6.45, 7) is 1.83. The van der Waals surface area contributed by atoms with Gasteiger partial charge in [-0.05, 0) is 37.1 Å². The first kappa shape index (κ1) is 19.8. The summed E-state index contributed by atoms with van der Waals surface area (Å²) in [5, 5.41) is 5.46. The standard InChI is InChI=1S/C20H23FN4O3/c1-11-4-3-5-16(22)14-9-17(23-10-15(14)21)13-7-6-12(24-20(27)28-2)8-18(13)25-19(11)26/h6-11,16H,3-5,22H2,1-2H3,(H,24,27)(H,25,26)/t11-,16+/m1/s1. The Balaban J connectivity index is 2.11. The number of ether oxygens (including phenoxy) is 1. The molecule has 28 heavy (non-hydrogen) atoms. The van der Waals surface area contributed by atoms with E-state index in [0.717, 1.165) is 6.20 Å². The first-order valence-electron chi connectivity index (χ1n) is 9.10. The molecule has 1 aromatic carbocycles. The highest BCUT2D eigenvalue weighted by Crippen LogP contribution is 2.33. The molecule has 0 radical (unpaired) electrons. The Hall–Kier alpha value is -3.00. The van der Waals surface area contributed by atoms with Crippen LogP contribution < -0.4 is 16.4 Å². The quantitative estimate of drug-likeness (QED) is 0.691. The number of hydrogen-bond donors (Lipinski definition) is 3. The number of amides is 2. The second kappa shape index (κ2) is 8.35. The zero-order valence-electron chi connectivity index (χ0n) is 15.8. The highest BCUT2D eigenvalue weighted by Gasteiger charge is 2.21. The zero-order valence-corrected chi connectivity index (χ0v) is 15.8. The van der Waals surface area contributed by atoms with Gasteiger partial charge in [0.2, 0.25) is 5.91 Å². The van der Waals surface area contributed by atoms with Crippen LogP contribution in [0.15, 0.2) is 30.5 Å². The molecule has 2 bridgehead atoms. The minimum atomic E-state index is -0.624. The number of nitrogens with one attached hydrogen (secondary N) is 2. The van der Waals surface area contributed by atoms with Crippen molar-refractivity contribution in [2.45, 2.75) is 32.2 Å². The summed E-state index contributed by atoms with van der Waals surface area (Å²) in [4.78, 5) is 28.3. The summed E-state index contributed by atoms with van der Waals surface area (Å²) in [6.07, 6.45) is 2.43. The highest BCUT2D eigenvalue weighted by atomic mass is 19.1. The average molecular weight is 386 g/mol. The van der Waals surface area contributed by atoms with Crippen LogP contribution in [0, 0.1) is 11.7 Å². The van der Waals surface area contributed by atoms with Crippen molar-refractivity contribution in [1.29, 1.82) is 0 Å². The van der Waals surface area contributed by atoms with Gasteiger partial charge in [0.25, 0.3) is 0 Å². The molecule has 2 aromatic rings. The highest BCUT2D eigenvalue weighted by molar-refractivity contribution is 5.98. The van der Waals surface area contributed by atoms with Crippen molar-refractivity contribution >= 4 is 23.4 Å². The Morgan fingerprint density at radius 1 is 1.36 bits per heavy atom. The van der Waals surface area contributed by atoms with Crippen molar-refractivity contribution in [1.82, 2.24) is 4.98 Å². The summed E-state index contributed by atoms with van der Waals surface area (Å²) in [5.41, 5.74) is 8.58. The van der Waals surface area contributed by atoms with Crippen molar-refractivity contribution in [2.75, 3.05) is 17.7 Å². The van der Waals surface area contributed by atoms with E-state index in [1.54, 1.807) is 24.3 Å². The number of fused-ring (bicyclic) bond motifs is 4. The number of methoxy groups -OCH3 is 1. The molecule has 1 aliphatic heterocycles. The predicted octanol–water partition coefficient (Wildman–Crippen LogP) is 3.82. The van der Waals surface area contributed by atoms with Crippen LogP contribution in [0.4, 0.5) is 20.6 Å². The topological polar surface area (TPSA) is 106 Å². The number of nitrogens with two attached hydrogens (primary N) is 1. The largest absolute Gasteiger partial charge is 0.453 e. The maximum absolute atomic E-state index is 14.3. The van der Waals surface area contributed by atoms with Gasteiger partial charge in [0.1, 0.15) is 5.82 Å². The molecule has 3 rings (SSSR count). The molecule has 0 fully saturated rings. The molecule has 0 saturated carbocycles. The SMILES string of the molecule is COC(=O)Nc1ccc2c(c1)NC(=O)[C@H](C)CCC[C@H](N)c1cc-2ncc1F. The van der Waals surface area contributed by atoms with Crippen LogP contribution in [0.25, 0.3) is 11.3 Å². The van der Waals surface area contributed by atoms with E-state index in [1.165, 1.54) is 7.11 Å². The minimum absolute atomic E-state index is 0.145. The Bertz CT molecular complexity index is 903. The summed E-state index contributed by atoms with van der Waals surface area (Å²) in [7, 11) is 1.26. The number of anilines is 2. The van der Waals surface area contributed by atoms with Gasteiger partial charge in [0.15, 0.2) is 0 Å². The molecule has 8 heteroatoms. The van der Waals surface area contributed by atoms with Gasteiger partial charge < -0.3 is 15.8 Å². The van der Waals surface area contributed by atoms with Crippen LogP contribution in [-0.4, -0.2) is 24.1 Å². The molecule has 0 saturated heterocycles. The van der Waals surface area contributed by atoms with Crippen LogP contribution >= 0.6 is 0 Å². The van der Waals surface area contributed by atoms with Gasteiger partial charge in [0.05, 0.1) is 24.7 Å². The molecular formula is C20H23FN4O3. The van der Waals surface area contributed by atoms with Gasteiger partial charge in [-0.1, -0.05) is 13.3 Å². The summed E-state index contributed by atoms with van der Waals surface area (Å²) < 4.78 is 18.9. The molecule has 148 valence electrons. The van der Waals surface area contributed by atoms with Gasteiger partial charge in [-0.3, -0.25) is 15.1 Å². The lowest BCUT2D eigenvalue weighted by Gasteiger charge is -2.20. The van der Waals surface area contributed by atoms with E-state index < -0.39 is 18.0 Å². The number of pyridine rings is 1. The fourth-order valence-corrected chi connectivity index (χ4v) is 3.19. The lowest BCUT2D eigenvalue weighted by atomic mass is 9.95. The predicted molar refractivity (Wildman–Crippen MR) is 104 cm³/mol. The molecule has 2 atom stereocenters. The fraction of sp³-hybridized carbons (Fsp3) is 0.350. The van der Waals surface area contributed by atoms with Gasteiger partial charge in [-0.2, -0.15) is 0 Å². The summed E-state index contributed by atoms with van der Waals surface area (Å²) in [5.74, 6) is -0.836. The summed E-state index contributed by atoms with van der Waals surface area (Å²) >= 11 is 0. The molecule has 1 aromatic heterocycles. The van der Waals surface area contributed by atoms with E-state index in [4.69, 9.17) is 5.73 Å². The second-order valence-electron chi connectivity index (χ2n) is 6.90. The maximum Gasteiger partial charge on any atom is 0.411 e. The van der Waals surface area contributed by atoms with E-state index in [2.05, 4.69) is 20.4 Å². The van der Waals surface area contributed by atoms with Crippen LogP contribution in [0.2, 0.25) is 0 Å². The van der Waals surface area contributed by atoms with Gasteiger partial charge in [-0.15, -0.1) is 0 Å². The lowest BCUT2D eigenvalue weighted by molar-refractivity contribution is -0.119. The Labute approximate surface area is 162 Å². The Kier molecular flexibility index (Phi) is 5.89. The van der Waals surface area contributed by atoms with Crippen LogP contribution in [-0.2, 0) is 9.53 Å². The number of rotatable bonds is 1. The third-order valence-electron chi connectivity index (χ3n) is 4.87. The number of benzene rings is 1. The van der Waals surface area contributed by atoms with Crippen molar-refractivity contribution in [3.8, 4) is 11.3 Å². The maximum atomic E-state index is 14.3. The van der Waals surface area contributed by atoms with E-state index >= 15 is 0 Å². The molecule has 2 amide bonds. The van der Waals surface area contributed by atoms with Gasteiger partial charge in [-0.25, -0.2) is 9.18 Å². The number of carbonyl (C=O) groups is 2. The first-order chi connectivity index (χ1) is 13.4. The van der Waals surface area contributed by atoms with Gasteiger partial charge >= 0.3 is 6.09 Å². The summed E-state index contributed by atoms with van der Waals surface area (Å²) in [6, 6.07) is 6.12. The number of aromatic nitrogens is 1. The molecule has 2 heterocycles. The van der Waals surface area contributed by atoms with Crippen molar-refractivity contribution < 1.29 is 18.7 Å². The first-order valence-corrected chi connectivity index (χ1v) is 9.10. The monoisotopic (exact) mass is 386 g/mol. The van der Waals surface area contributed by atoms with Crippen molar-refractivity contribution in [3.63, 3.8) is 0 Å². The molecule has 0 unspecified atom stereocenters. The molecule has 4 N–H and O–H groups in total. The van der Waals surface area contributed by atoms with E-state index in [-0.39, 0.29) is 11.8 Å². The smallest absolute Gasteiger partial charge is 0.411 e. The van der Waals surface area contributed by atoms with Gasteiger partial charge in [0, 0.05) is 28.8 Å². The Morgan fingerprint density at radius 2 is 2.14 bits per heavy atom. The van der Waals surface area contributed by atoms with Crippen molar-refractivity contribution in [2.24, 2.45) is 11.7 Å². The molecule has 0 spiro atoms. The number of carbonyl (C=O) groups excluding carboxylic acids is 2. The lowest BCUT2D eigenvalue weighted by Crippen LogP contribution is -2.22. The normalized spacial score (nSPS) is 19.5. The third kappa shape index (κ3) is 4.28. The molecule has 1 aliphatic rings. The van der Waals surface area contributed by atoms with E-state index in [1.807, 2.05) is 6.92 Å². The second-order valence-corrected chi connectivity index (χ2v) is 6.90. The fourth-order valence-electron chi connectivity index (χ4n) is 3.19. The van der Waals surface area contributed by atoms with Crippen LogP contribution in [0.3, 0.4) is 0 Å². The van der Waals surface area contributed by atoms with E-state index in [9.17, 15) is 14.0 Å². The third-order valence-corrected chi connectivity index (χ3v) is 4.87. The minimum Gasteiger partial charge on any atom is -0.453 e. The number of hydrogen-bond acceptors (Lipinski definition) is 5. The molecular weight excluding hydrogens is 363 g/mol. The number of nitrogens with zero attached hydrogens (tertiary/aromatic N) is 1. The van der Waals surface area contributed by atoms with Crippen LogP contribution in [0.5, 0.6) is 0 Å². The average Bonchev–Trinajstić information content (AvgIpc) is 2.67. The number of halogens is 1. The Morgan fingerprint density at radius 3 is 2.89 bits per heavy atom. The zero-order chi connectivity index (χ0) is 20.3. The molecule has 0 aliphatic carbocycles. The van der Waals surface area contributed by atoms with E-state index in [0.29, 0.717) is 47.5 Å². The molecule has 7 nitrogen and oxygen atoms in total. The van der Waals surface area contributed by atoms with Crippen LogP contribution in [0.1, 0.15) is 37.8 Å².